The highest BCUT2D eigenvalue weighted by atomic mass is 32.2. The lowest BCUT2D eigenvalue weighted by molar-refractivity contribution is 0.0789. The highest BCUT2D eigenvalue weighted by Crippen LogP contribution is 2.40. The standard InChI is InChI=1S/C20H23FN4O4S/c21-13-6-17(11-22-10-13)30(27,28)25-15-2-1-3-16(25)8-14(7-15)23-20(26)18-9-19(29-24-18)12-4-5-12/h6,9-12,14-16H,1-5,7-8H2,(H,23,26)/t14-,15-,16?/m1/s1. The predicted octanol–water partition coefficient (Wildman–Crippen LogP) is 2.59. The summed E-state index contributed by atoms with van der Waals surface area (Å²) in [7, 11) is -3.86. The third-order valence-electron chi connectivity index (χ3n) is 6.24. The van der Waals surface area contributed by atoms with Crippen LogP contribution in [0, 0.1) is 5.82 Å². The van der Waals surface area contributed by atoms with Gasteiger partial charge in [-0.1, -0.05) is 11.6 Å². The molecule has 3 atom stereocenters. The van der Waals surface area contributed by atoms with Gasteiger partial charge in [0.25, 0.3) is 5.91 Å². The second kappa shape index (κ2) is 7.42. The van der Waals surface area contributed by atoms with Crippen molar-refractivity contribution in [3.63, 3.8) is 0 Å². The first-order valence-electron chi connectivity index (χ1n) is 10.3. The molecule has 2 aromatic heterocycles. The van der Waals surface area contributed by atoms with Crippen molar-refractivity contribution < 1.29 is 22.1 Å². The van der Waals surface area contributed by atoms with Crippen molar-refractivity contribution in [2.75, 3.05) is 0 Å². The third-order valence-corrected chi connectivity index (χ3v) is 8.21. The molecule has 30 heavy (non-hydrogen) atoms. The van der Waals surface area contributed by atoms with E-state index in [2.05, 4.69) is 15.5 Å². The molecule has 2 saturated heterocycles. The number of pyridine rings is 1. The molecule has 3 aliphatic rings. The van der Waals surface area contributed by atoms with Crippen molar-refractivity contribution in [1.29, 1.82) is 0 Å². The fraction of sp³-hybridized carbons (Fsp3) is 0.550. The van der Waals surface area contributed by atoms with Crippen molar-refractivity contribution >= 4 is 15.9 Å². The molecular weight excluding hydrogens is 411 g/mol. The molecule has 2 bridgehead atoms. The van der Waals surface area contributed by atoms with Gasteiger partial charge in [-0.15, -0.1) is 0 Å². The number of amides is 1. The number of nitrogens with zero attached hydrogens (tertiary/aromatic N) is 3. The zero-order valence-electron chi connectivity index (χ0n) is 16.3. The summed E-state index contributed by atoms with van der Waals surface area (Å²) in [6.45, 7) is 0. The van der Waals surface area contributed by atoms with Crippen molar-refractivity contribution in [2.45, 2.75) is 73.9 Å². The Hall–Kier alpha value is -2.33. The normalized spacial score (nSPS) is 27.0. The van der Waals surface area contributed by atoms with Gasteiger partial charge in [-0.05, 0) is 44.6 Å². The van der Waals surface area contributed by atoms with Crippen LogP contribution in [0.25, 0.3) is 0 Å². The summed E-state index contributed by atoms with van der Waals surface area (Å²) in [6.07, 6.45) is 7.67. The molecule has 4 heterocycles. The number of carbonyl (C=O) groups is 1. The van der Waals surface area contributed by atoms with E-state index in [0.29, 0.717) is 31.6 Å². The summed E-state index contributed by atoms with van der Waals surface area (Å²) < 4.78 is 46.7. The first-order valence-corrected chi connectivity index (χ1v) is 11.8. The van der Waals surface area contributed by atoms with E-state index in [1.807, 2.05) is 0 Å². The van der Waals surface area contributed by atoms with Crippen molar-refractivity contribution in [1.82, 2.24) is 19.8 Å². The Morgan fingerprint density at radius 2 is 1.87 bits per heavy atom. The van der Waals surface area contributed by atoms with Gasteiger partial charge in [0.2, 0.25) is 10.0 Å². The van der Waals surface area contributed by atoms with Gasteiger partial charge in [0.1, 0.15) is 16.5 Å². The third kappa shape index (κ3) is 3.62. The molecule has 2 aromatic rings. The zero-order valence-corrected chi connectivity index (χ0v) is 17.1. The minimum Gasteiger partial charge on any atom is -0.360 e. The lowest BCUT2D eigenvalue weighted by Gasteiger charge is -2.47. The molecule has 1 N–H and O–H groups in total. The summed E-state index contributed by atoms with van der Waals surface area (Å²) in [5.41, 5.74) is 0.267. The monoisotopic (exact) mass is 434 g/mol. The number of hydrogen-bond donors (Lipinski definition) is 1. The number of piperidine rings is 2. The smallest absolute Gasteiger partial charge is 0.273 e. The van der Waals surface area contributed by atoms with E-state index in [4.69, 9.17) is 4.52 Å². The van der Waals surface area contributed by atoms with Crippen LogP contribution in [0.2, 0.25) is 0 Å². The number of carbonyl (C=O) groups excluding carboxylic acids is 1. The summed E-state index contributed by atoms with van der Waals surface area (Å²) in [5.74, 6) is 0.159. The minimum atomic E-state index is -3.86. The van der Waals surface area contributed by atoms with Gasteiger partial charge in [-0.2, -0.15) is 4.31 Å². The molecular formula is C20H23FN4O4S. The first-order chi connectivity index (χ1) is 14.4. The highest BCUT2D eigenvalue weighted by Gasteiger charge is 2.45. The molecule has 2 aliphatic heterocycles. The summed E-state index contributed by atoms with van der Waals surface area (Å²) in [5, 5.41) is 6.88. The average molecular weight is 434 g/mol. The number of fused-ring (bicyclic) bond motifs is 2. The second-order valence-electron chi connectivity index (χ2n) is 8.44. The van der Waals surface area contributed by atoms with E-state index in [-0.39, 0.29) is 34.6 Å². The van der Waals surface area contributed by atoms with Crippen LogP contribution >= 0.6 is 0 Å². The van der Waals surface area contributed by atoms with E-state index in [1.54, 1.807) is 6.07 Å². The average Bonchev–Trinajstić information content (AvgIpc) is 3.43. The van der Waals surface area contributed by atoms with Crippen LogP contribution in [0.3, 0.4) is 0 Å². The van der Waals surface area contributed by atoms with Crippen LogP contribution in [-0.2, 0) is 10.0 Å². The Labute approximate surface area is 173 Å². The molecule has 160 valence electrons. The minimum absolute atomic E-state index is 0.128. The molecule has 1 saturated carbocycles. The Bertz CT molecular complexity index is 1050. The van der Waals surface area contributed by atoms with Crippen LogP contribution in [0.4, 0.5) is 4.39 Å². The van der Waals surface area contributed by atoms with Gasteiger partial charge in [0, 0.05) is 36.3 Å². The maximum Gasteiger partial charge on any atom is 0.273 e. The molecule has 5 rings (SSSR count). The molecule has 1 unspecified atom stereocenters. The zero-order chi connectivity index (χ0) is 20.9. The number of nitrogens with one attached hydrogen (secondary N) is 1. The molecule has 0 spiro atoms. The van der Waals surface area contributed by atoms with E-state index >= 15 is 0 Å². The van der Waals surface area contributed by atoms with E-state index < -0.39 is 15.8 Å². The molecule has 8 nitrogen and oxygen atoms in total. The van der Waals surface area contributed by atoms with Crippen LogP contribution in [0.1, 0.15) is 67.1 Å². The van der Waals surface area contributed by atoms with Crippen molar-refractivity contribution in [2.24, 2.45) is 0 Å². The number of rotatable bonds is 5. The Morgan fingerprint density at radius 1 is 1.13 bits per heavy atom. The lowest BCUT2D eigenvalue weighted by atomic mass is 9.84. The predicted molar refractivity (Wildman–Crippen MR) is 104 cm³/mol. The molecule has 10 heteroatoms. The Morgan fingerprint density at radius 3 is 2.53 bits per heavy atom. The first kappa shape index (κ1) is 19.6. The van der Waals surface area contributed by atoms with Gasteiger partial charge in [0.15, 0.2) is 5.69 Å². The number of sulfonamides is 1. The SMILES string of the molecule is O=C(N[C@H]1CC2CCC[C@H](C1)N2S(=O)(=O)c1cncc(F)c1)c1cc(C2CC2)on1. The van der Waals surface area contributed by atoms with Crippen LogP contribution in [0.15, 0.2) is 33.9 Å². The summed E-state index contributed by atoms with van der Waals surface area (Å²) in [4.78, 5) is 16.2. The topological polar surface area (TPSA) is 105 Å². The van der Waals surface area contributed by atoms with E-state index in [9.17, 15) is 17.6 Å². The van der Waals surface area contributed by atoms with Crippen LogP contribution < -0.4 is 5.32 Å². The lowest BCUT2D eigenvalue weighted by Crippen LogP contribution is -2.58. The van der Waals surface area contributed by atoms with Gasteiger partial charge in [0.05, 0.1) is 6.20 Å². The Kier molecular flexibility index (Phi) is 4.85. The van der Waals surface area contributed by atoms with Crippen LogP contribution in [0.5, 0.6) is 0 Å². The quantitative estimate of drug-likeness (QED) is 0.776. The number of hydrogen-bond acceptors (Lipinski definition) is 6. The molecule has 0 radical (unpaired) electrons. The molecule has 0 aromatic carbocycles. The van der Waals surface area contributed by atoms with Crippen LogP contribution in [-0.4, -0.2) is 46.9 Å². The second-order valence-corrected chi connectivity index (χ2v) is 10.3. The maximum absolute atomic E-state index is 13.6. The van der Waals surface area contributed by atoms with Gasteiger partial charge in [-0.3, -0.25) is 9.78 Å². The van der Waals surface area contributed by atoms with Gasteiger partial charge < -0.3 is 9.84 Å². The van der Waals surface area contributed by atoms with Crippen molar-refractivity contribution in [3.8, 4) is 0 Å². The molecule has 1 amide bonds. The van der Waals surface area contributed by atoms with Gasteiger partial charge >= 0.3 is 0 Å². The highest BCUT2D eigenvalue weighted by molar-refractivity contribution is 7.89. The van der Waals surface area contributed by atoms with Crippen molar-refractivity contribution in [3.05, 3.63) is 41.8 Å². The fourth-order valence-corrected chi connectivity index (χ4v) is 6.59. The van der Waals surface area contributed by atoms with Gasteiger partial charge in [-0.25, -0.2) is 12.8 Å². The Balaban J connectivity index is 1.31. The summed E-state index contributed by atoms with van der Waals surface area (Å²) in [6, 6.07) is 2.08. The van der Waals surface area contributed by atoms with E-state index in [0.717, 1.165) is 37.3 Å². The largest absolute Gasteiger partial charge is 0.360 e. The number of halogens is 1. The summed E-state index contributed by atoms with van der Waals surface area (Å²) >= 11 is 0. The molecule has 3 fully saturated rings. The number of aromatic nitrogens is 2. The molecule has 1 aliphatic carbocycles. The van der Waals surface area contributed by atoms with E-state index in [1.165, 1.54) is 10.5 Å². The fourth-order valence-electron chi connectivity index (χ4n) is 4.72. The maximum atomic E-state index is 13.6.